The Bertz CT molecular complexity index is 2440. The molecule has 0 aliphatic carbocycles. The summed E-state index contributed by atoms with van der Waals surface area (Å²) in [4.78, 5) is 57.1. The van der Waals surface area contributed by atoms with Gasteiger partial charge in [-0.2, -0.15) is 0 Å². The first-order valence-electron chi connectivity index (χ1n) is 13.9. The number of oxazole rings is 1. The van der Waals surface area contributed by atoms with Crippen LogP contribution < -0.4 is 11.1 Å². The van der Waals surface area contributed by atoms with E-state index in [2.05, 4.69) is 20.2 Å². The molecule has 0 saturated heterocycles. The molecule has 15 nitrogen and oxygen atoms in total. The van der Waals surface area contributed by atoms with E-state index in [-0.39, 0.29) is 66.4 Å². The molecule has 2 aromatic carbocycles. The molecule has 0 radical (unpaired) electrons. The van der Waals surface area contributed by atoms with E-state index in [1.807, 2.05) is 0 Å². The van der Waals surface area contributed by atoms with Gasteiger partial charge in [0.25, 0.3) is 11.1 Å². The molecule has 0 spiro atoms. The lowest BCUT2D eigenvalue weighted by molar-refractivity contribution is 0.103. The number of aromatic nitrogens is 6. The second kappa shape index (κ2) is 14.8. The molecule has 0 bridgehead atoms. The van der Waals surface area contributed by atoms with E-state index in [1.54, 1.807) is 5.38 Å². The molecular formula is C31H28Cl2N6O9S3. The van der Waals surface area contributed by atoms with Crippen molar-refractivity contribution in [1.82, 2.24) is 29.5 Å². The summed E-state index contributed by atoms with van der Waals surface area (Å²) in [6.07, 6.45) is 8.54. The zero-order valence-electron chi connectivity index (χ0n) is 26.2. The van der Waals surface area contributed by atoms with E-state index < -0.39 is 42.4 Å². The van der Waals surface area contributed by atoms with Gasteiger partial charge >= 0.3 is 0 Å². The number of thiazole rings is 1. The Morgan fingerprint density at radius 2 is 1.25 bits per heavy atom. The molecule has 0 fully saturated rings. The molecule has 268 valence electrons. The van der Waals surface area contributed by atoms with Crippen LogP contribution >= 0.6 is 34.5 Å². The van der Waals surface area contributed by atoms with Crippen LogP contribution in [0.25, 0.3) is 21.9 Å². The van der Waals surface area contributed by atoms with Crippen LogP contribution in [0.4, 0.5) is 0 Å². The summed E-state index contributed by atoms with van der Waals surface area (Å²) in [5, 5.41) is 7.09. The normalized spacial score (nSPS) is 11.4. The Hall–Kier alpha value is -4.88. The van der Waals surface area contributed by atoms with Crippen LogP contribution in [0.2, 0.25) is 10.0 Å². The van der Waals surface area contributed by atoms with Crippen molar-refractivity contribution in [1.29, 1.82) is 0 Å². The summed E-state index contributed by atoms with van der Waals surface area (Å²) < 4.78 is 55.7. The van der Waals surface area contributed by atoms with Crippen molar-refractivity contribution in [3.05, 3.63) is 114 Å². The van der Waals surface area contributed by atoms with Crippen molar-refractivity contribution in [2.45, 2.75) is 17.2 Å². The molecule has 20 heteroatoms. The van der Waals surface area contributed by atoms with E-state index in [0.29, 0.717) is 5.01 Å². The molecule has 0 aliphatic rings. The fourth-order valence-corrected chi connectivity index (χ4v) is 8.13. The zero-order valence-corrected chi connectivity index (χ0v) is 30.2. The third-order valence-corrected chi connectivity index (χ3v) is 11.0. The summed E-state index contributed by atoms with van der Waals surface area (Å²) in [7, 11) is -4.30. The molecule has 6 rings (SSSR count). The van der Waals surface area contributed by atoms with E-state index >= 15 is 0 Å². The molecule has 51 heavy (non-hydrogen) atoms. The molecule has 4 heterocycles. The Labute approximate surface area is 304 Å². The van der Waals surface area contributed by atoms with Gasteiger partial charge in [-0.05, 0) is 24.3 Å². The molecule has 6 aromatic rings. The number of rotatable bonds is 8. The number of benzene rings is 2. The van der Waals surface area contributed by atoms with Crippen LogP contribution in [-0.2, 0) is 33.8 Å². The van der Waals surface area contributed by atoms with Gasteiger partial charge in [0, 0.05) is 67.3 Å². The van der Waals surface area contributed by atoms with Crippen molar-refractivity contribution in [3.8, 4) is 21.9 Å². The van der Waals surface area contributed by atoms with Crippen LogP contribution in [-0.4, -0.2) is 70.4 Å². The van der Waals surface area contributed by atoms with Crippen molar-refractivity contribution in [2.75, 3.05) is 12.5 Å². The number of aromatic amines is 2. The average molecular weight is 796 g/mol. The quantitative estimate of drug-likeness (QED) is 0.206. The molecule has 2 N–H and O–H groups in total. The predicted octanol–water partition coefficient (Wildman–Crippen LogP) is 4.42. The highest BCUT2D eigenvalue weighted by Gasteiger charge is 2.28. The van der Waals surface area contributed by atoms with Gasteiger partial charge in [-0.1, -0.05) is 30.6 Å². The van der Waals surface area contributed by atoms with Gasteiger partial charge in [0.05, 0.1) is 31.6 Å². The van der Waals surface area contributed by atoms with Crippen LogP contribution in [0.1, 0.15) is 39.3 Å². The maximum Gasteiger partial charge on any atom is 0.277 e. The van der Waals surface area contributed by atoms with Crippen LogP contribution in [0.3, 0.4) is 0 Å². The van der Waals surface area contributed by atoms with Gasteiger partial charge in [0.2, 0.25) is 11.6 Å². The van der Waals surface area contributed by atoms with Crippen LogP contribution in [0, 0.1) is 0 Å². The number of ketones is 2. The third kappa shape index (κ3) is 7.59. The second-order valence-corrected chi connectivity index (χ2v) is 16.2. The predicted molar refractivity (Wildman–Crippen MR) is 191 cm³/mol. The van der Waals surface area contributed by atoms with Gasteiger partial charge in [-0.3, -0.25) is 28.5 Å². The minimum atomic E-state index is -3.65. The van der Waals surface area contributed by atoms with E-state index in [1.165, 1.54) is 74.5 Å². The Balaban J connectivity index is 0.000000224. The smallest absolute Gasteiger partial charge is 0.277 e. The molecule has 4 aromatic heterocycles. The zero-order chi connectivity index (χ0) is 36.7. The minimum Gasteiger partial charge on any atom is -0.443 e. The summed E-state index contributed by atoms with van der Waals surface area (Å²) in [5.74, 6) is -1.13. The van der Waals surface area contributed by atoms with Crippen molar-refractivity contribution in [2.24, 2.45) is 14.1 Å². The lowest BCUT2D eigenvalue weighted by Gasteiger charge is -2.11. The molecule has 0 unspecified atom stereocenters. The van der Waals surface area contributed by atoms with E-state index in [4.69, 9.17) is 27.6 Å². The number of H-pyrrole nitrogens is 2. The number of hydrogen-bond donors (Lipinski definition) is 2. The van der Waals surface area contributed by atoms with E-state index in [0.717, 1.165) is 28.3 Å². The first-order valence-corrected chi connectivity index (χ1v) is 19.3. The number of sulfone groups is 2. The van der Waals surface area contributed by atoms with Crippen LogP contribution in [0.15, 0.2) is 84.6 Å². The number of nitrogens with zero attached hydrogens (tertiary/aromatic N) is 4. The summed E-state index contributed by atoms with van der Waals surface area (Å²) in [6.45, 7) is 0. The lowest BCUT2D eigenvalue weighted by atomic mass is 10.0. The molecule has 0 atom stereocenters. The molecular weight excluding hydrogens is 767 g/mol. The Kier molecular flexibility index (Phi) is 11.3. The van der Waals surface area contributed by atoms with Gasteiger partial charge in [0.1, 0.15) is 16.1 Å². The third-order valence-electron chi connectivity index (χ3n) is 7.18. The van der Waals surface area contributed by atoms with Gasteiger partial charge in [-0.25, -0.2) is 26.8 Å². The minimum absolute atomic E-state index is 0. The summed E-state index contributed by atoms with van der Waals surface area (Å²) in [5.41, 5.74) is -0.995. The number of carbonyl (C=O) groups excluding carboxylic acids is 2. The fraction of sp³-hybridized carbons (Fsp3) is 0.161. The number of carbonyl (C=O) groups is 2. The molecule has 0 amide bonds. The van der Waals surface area contributed by atoms with Gasteiger partial charge in [0.15, 0.2) is 31.8 Å². The van der Waals surface area contributed by atoms with Crippen LogP contribution in [0.5, 0.6) is 0 Å². The second-order valence-electron chi connectivity index (χ2n) is 10.6. The average Bonchev–Trinajstić information content (AvgIpc) is 3.87. The summed E-state index contributed by atoms with van der Waals surface area (Å²) in [6, 6.07) is 5.14. The molecule has 0 saturated carbocycles. The van der Waals surface area contributed by atoms with Crippen molar-refractivity contribution < 1.29 is 30.8 Å². The number of aryl methyl sites for hydroxylation is 2. The highest BCUT2D eigenvalue weighted by Crippen LogP contribution is 2.39. The molecule has 0 aliphatic heterocycles. The standard InChI is InChI=1S/C15H12ClN3O5S.C15H12ClN3O4S2.CH4/c1-19-15(21)9(5-18-19)14(20)8-3-4-11(25(2,22)23)12(13(8)16)10-6-17-7-24-10;1-19-15(21)9(7-18-19)13(20)8-3-4-10(25(2,22)23)11(12(8)16)14-17-5-6-24-14;/h2*3-7,18H,1-2H3;1H4. The maximum atomic E-state index is 12.7. The highest BCUT2D eigenvalue weighted by atomic mass is 35.5. The van der Waals surface area contributed by atoms with E-state index in [9.17, 15) is 36.0 Å². The number of nitrogens with one attached hydrogen (secondary N) is 2. The van der Waals surface area contributed by atoms with Gasteiger partial charge < -0.3 is 14.6 Å². The number of halogens is 2. The first kappa shape index (κ1) is 38.9. The number of hydrogen-bond acceptors (Lipinski definition) is 12. The highest BCUT2D eigenvalue weighted by molar-refractivity contribution is 7.91. The first-order chi connectivity index (χ1) is 23.4. The lowest BCUT2D eigenvalue weighted by Crippen LogP contribution is -2.19. The fourth-order valence-electron chi connectivity index (χ4n) is 4.74. The van der Waals surface area contributed by atoms with Gasteiger partial charge in [-0.15, -0.1) is 11.3 Å². The Morgan fingerprint density at radius 1 is 0.784 bits per heavy atom. The van der Waals surface area contributed by atoms with Crippen molar-refractivity contribution >= 4 is 65.8 Å². The topological polar surface area (TPSA) is 217 Å². The SMILES string of the molecule is C.Cn1[nH]cc(C(=O)c2ccc(S(C)(=O)=O)c(-c3cnco3)c2Cl)c1=O.Cn1[nH]cc(C(=O)c2ccc(S(C)(=O)=O)c(-c3nccs3)c2Cl)c1=O. The van der Waals surface area contributed by atoms with Crippen molar-refractivity contribution in [3.63, 3.8) is 0 Å². The summed E-state index contributed by atoms with van der Waals surface area (Å²) >= 11 is 13.9. The maximum absolute atomic E-state index is 12.7. The monoisotopic (exact) mass is 794 g/mol. The largest absolute Gasteiger partial charge is 0.443 e. The Morgan fingerprint density at radius 3 is 1.63 bits per heavy atom.